The van der Waals surface area contributed by atoms with E-state index >= 15 is 0 Å². The molecule has 2 rings (SSSR count). The number of hydrogen-bond donors (Lipinski definition) is 1. The summed E-state index contributed by atoms with van der Waals surface area (Å²) in [4.78, 5) is 0. The number of halogens is 3. The minimum atomic E-state index is -0.241. The summed E-state index contributed by atoms with van der Waals surface area (Å²) >= 11 is 18.5. The summed E-state index contributed by atoms with van der Waals surface area (Å²) in [5.41, 5.74) is 1.80. The molecule has 20 heavy (non-hydrogen) atoms. The Bertz CT molecular complexity index is 617. The highest BCUT2D eigenvalue weighted by Crippen LogP contribution is 2.26. The van der Waals surface area contributed by atoms with Gasteiger partial charge in [0.1, 0.15) is 10.1 Å². The summed E-state index contributed by atoms with van der Waals surface area (Å²) in [7, 11) is 0. The Balaban J connectivity index is 1.89. The van der Waals surface area contributed by atoms with E-state index in [9.17, 15) is 4.39 Å². The van der Waals surface area contributed by atoms with E-state index in [0.717, 1.165) is 11.3 Å². The van der Waals surface area contributed by atoms with Gasteiger partial charge in [-0.1, -0.05) is 59.3 Å². The highest BCUT2D eigenvalue weighted by atomic mass is 35.5. The smallest absolute Gasteiger partial charge is 0.138 e. The molecule has 0 spiro atoms. The molecule has 0 unspecified atom stereocenters. The van der Waals surface area contributed by atoms with Gasteiger partial charge in [0.15, 0.2) is 0 Å². The van der Waals surface area contributed by atoms with E-state index in [4.69, 9.17) is 35.4 Å². The summed E-state index contributed by atoms with van der Waals surface area (Å²) < 4.78 is 13.4. The molecule has 1 nitrogen and oxygen atoms in total. The Hall–Kier alpha value is -0.810. The standard InChI is InChI=1S/C14H10Cl2FNS2/c15-12-6-5-11(7-13(12)16)18-14(19)20-8-9-1-3-10(17)4-2-9/h1-7H,8H2,(H,18,19). The van der Waals surface area contributed by atoms with Gasteiger partial charge < -0.3 is 5.32 Å². The van der Waals surface area contributed by atoms with Crippen LogP contribution in [0.25, 0.3) is 0 Å². The van der Waals surface area contributed by atoms with Crippen LogP contribution in [0.4, 0.5) is 10.1 Å². The zero-order valence-corrected chi connectivity index (χ0v) is 13.3. The number of benzene rings is 2. The molecule has 0 aliphatic rings. The minimum Gasteiger partial charge on any atom is -0.341 e. The van der Waals surface area contributed by atoms with Gasteiger partial charge >= 0.3 is 0 Å². The largest absolute Gasteiger partial charge is 0.341 e. The van der Waals surface area contributed by atoms with Crippen LogP contribution in [0.5, 0.6) is 0 Å². The molecule has 0 aromatic heterocycles. The molecule has 0 heterocycles. The van der Waals surface area contributed by atoms with Crippen molar-refractivity contribution < 1.29 is 4.39 Å². The van der Waals surface area contributed by atoms with Crippen LogP contribution in [0.2, 0.25) is 10.0 Å². The summed E-state index contributed by atoms with van der Waals surface area (Å²) in [6, 6.07) is 11.6. The number of hydrogen-bond acceptors (Lipinski definition) is 2. The molecule has 0 bridgehead atoms. The molecule has 0 aliphatic carbocycles. The lowest BCUT2D eigenvalue weighted by atomic mass is 10.2. The van der Waals surface area contributed by atoms with Crippen LogP contribution in [0, 0.1) is 5.82 Å². The Morgan fingerprint density at radius 2 is 1.80 bits per heavy atom. The fraction of sp³-hybridized carbons (Fsp3) is 0.0714. The third kappa shape index (κ3) is 4.63. The normalized spacial score (nSPS) is 10.3. The molecule has 0 amide bonds. The molecule has 0 saturated carbocycles. The first-order valence-electron chi connectivity index (χ1n) is 5.68. The molecular weight excluding hydrogens is 336 g/mol. The maximum Gasteiger partial charge on any atom is 0.138 e. The van der Waals surface area contributed by atoms with Gasteiger partial charge in [-0.3, -0.25) is 0 Å². The topological polar surface area (TPSA) is 12.0 Å². The SMILES string of the molecule is Fc1ccc(CSC(=S)Nc2ccc(Cl)c(Cl)c2)cc1. The predicted molar refractivity (Wildman–Crippen MR) is 90.4 cm³/mol. The van der Waals surface area contributed by atoms with Crippen molar-refractivity contribution in [3.63, 3.8) is 0 Å². The monoisotopic (exact) mass is 345 g/mol. The van der Waals surface area contributed by atoms with Gasteiger partial charge in [-0.2, -0.15) is 0 Å². The van der Waals surface area contributed by atoms with Crippen molar-refractivity contribution in [3.8, 4) is 0 Å². The van der Waals surface area contributed by atoms with Crippen LogP contribution < -0.4 is 5.32 Å². The molecular formula is C14H10Cl2FNS2. The van der Waals surface area contributed by atoms with Gasteiger partial charge in [-0.25, -0.2) is 4.39 Å². The molecule has 1 N–H and O–H groups in total. The Kier molecular flexibility index (Phi) is 5.66. The molecule has 0 radical (unpaired) electrons. The predicted octanol–water partition coefficient (Wildman–Crippen LogP) is 5.76. The molecule has 0 saturated heterocycles. The van der Waals surface area contributed by atoms with Gasteiger partial charge in [0, 0.05) is 11.4 Å². The average Bonchev–Trinajstić information content (AvgIpc) is 2.42. The first-order chi connectivity index (χ1) is 9.54. The summed E-state index contributed by atoms with van der Waals surface area (Å²) in [5.74, 6) is 0.434. The summed E-state index contributed by atoms with van der Waals surface area (Å²) in [6.45, 7) is 0. The van der Waals surface area contributed by atoms with E-state index < -0.39 is 0 Å². The molecule has 6 heteroatoms. The van der Waals surface area contributed by atoms with Crippen molar-refractivity contribution in [2.45, 2.75) is 5.75 Å². The fourth-order valence-corrected chi connectivity index (χ4v) is 2.73. The number of nitrogens with one attached hydrogen (secondary N) is 1. The van der Waals surface area contributed by atoms with E-state index in [2.05, 4.69) is 5.32 Å². The molecule has 0 atom stereocenters. The number of thioether (sulfide) groups is 1. The third-order valence-corrected chi connectivity index (χ3v) is 4.49. The lowest BCUT2D eigenvalue weighted by molar-refractivity contribution is 0.627. The first-order valence-corrected chi connectivity index (χ1v) is 7.83. The van der Waals surface area contributed by atoms with E-state index in [1.54, 1.807) is 30.3 Å². The Labute approximate surface area is 136 Å². The number of anilines is 1. The van der Waals surface area contributed by atoms with Crippen LogP contribution in [-0.2, 0) is 5.75 Å². The molecule has 0 fully saturated rings. The second-order valence-corrected chi connectivity index (χ2v) is 6.42. The number of rotatable bonds is 3. The molecule has 104 valence electrons. The minimum absolute atomic E-state index is 0.241. The van der Waals surface area contributed by atoms with Crippen molar-refractivity contribution in [1.29, 1.82) is 0 Å². The third-order valence-electron chi connectivity index (χ3n) is 2.45. The van der Waals surface area contributed by atoms with Gasteiger partial charge in [-0.05, 0) is 35.9 Å². The molecule has 0 aliphatic heterocycles. The molecule has 2 aromatic rings. The van der Waals surface area contributed by atoms with Crippen LogP contribution >= 0.6 is 47.2 Å². The van der Waals surface area contributed by atoms with E-state index in [1.807, 2.05) is 0 Å². The maximum absolute atomic E-state index is 12.8. The van der Waals surface area contributed by atoms with Crippen molar-refractivity contribution >= 4 is 57.2 Å². The van der Waals surface area contributed by atoms with Gasteiger partial charge in [0.25, 0.3) is 0 Å². The van der Waals surface area contributed by atoms with Crippen LogP contribution in [0.3, 0.4) is 0 Å². The zero-order chi connectivity index (χ0) is 14.5. The zero-order valence-electron chi connectivity index (χ0n) is 10.2. The van der Waals surface area contributed by atoms with Gasteiger partial charge in [0.05, 0.1) is 10.0 Å². The number of thiocarbonyl (C=S) groups is 1. The fourth-order valence-electron chi connectivity index (χ4n) is 1.46. The van der Waals surface area contributed by atoms with Crippen LogP contribution in [0.1, 0.15) is 5.56 Å². The Morgan fingerprint density at radius 3 is 2.45 bits per heavy atom. The lowest BCUT2D eigenvalue weighted by Crippen LogP contribution is -2.04. The van der Waals surface area contributed by atoms with Crippen molar-refractivity contribution in [2.75, 3.05) is 5.32 Å². The second-order valence-electron chi connectivity index (χ2n) is 3.96. The first kappa shape index (κ1) is 15.6. The van der Waals surface area contributed by atoms with Crippen molar-refractivity contribution in [3.05, 3.63) is 63.9 Å². The quantitative estimate of drug-likeness (QED) is 0.710. The summed E-state index contributed by atoms with van der Waals surface area (Å²) in [6.07, 6.45) is 0. The van der Waals surface area contributed by atoms with Crippen LogP contribution in [0.15, 0.2) is 42.5 Å². The highest BCUT2D eigenvalue weighted by molar-refractivity contribution is 8.22. The van der Waals surface area contributed by atoms with Crippen molar-refractivity contribution in [1.82, 2.24) is 0 Å². The summed E-state index contributed by atoms with van der Waals surface area (Å²) in [5, 5.41) is 4.05. The van der Waals surface area contributed by atoms with Gasteiger partial charge in [0.2, 0.25) is 0 Å². The highest BCUT2D eigenvalue weighted by Gasteiger charge is 2.03. The van der Waals surface area contributed by atoms with E-state index in [-0.39, 0.29) is 5.82 Å². The maximum atomic E-state index is 12.8. The Morgan fingerprint density at radius 1 is 1.10 bits per heavy atom. The van der Waals surface area contributed by atoms with E-state index in [0.29, 0.717) is 20.1 Å². The molecule has 2 aromatic carbocycles. The van der Waals surface area contributed by atoms with Crippen LogP contribution in [-0.4, -0.2) is 4.32 Å². The van der Waals surface area contributed by atoms with Gasteiger partial charge in [-0.15, -0.1) is 0 Å². The lowest BCUT2D eigenvalue weighted by Gasteiger charge is -2.08. The van der Waals surface area contributed by atoms with E-state index in [1.165, 1.54) is 23.9 Å². The average molecular weight is 346 g/mol. The van der Waals surface area contributed by atoms with Crippen molar-refractivity contribution in [2.24, 2.45) is 0 Å². The second kappa shape index (κ2) is 7.27.